The third-order valence-electron chi connectivity index (χ3n) is 9.68. The summed E-state index contributed by atoms with van der Waals surface area (Å²) in [7, 11) is 0. The summed E-state index contributed by atoms with van der Waals surface area (Å²) in [5.41, 5.74) is -1.07. The lowest BCUT2D eigenvalue weighted by atomic mass is 9.83. The normalized spacial score (nSPS) is 23.3. The fourth-order valence-electron chi connectivity index (χ4n) is 7.15. The van der Waals surface area contributed by atoms with Crippen LogP contribution in [0.1, 0.15) is 55.2 Å². The molecule has 2 aromatic carbocycles. The van der Waals surface area contributed by atoms with Crippen molar-refractivity contribution in [3.63, 3.8) is 0 Å². The van der Waals surface area contributed by atoms with Crippen molar-refractivity contribution >= 4 is 11.9 Å². The van der Waals surface area contributed by atoms with Crippen molar-refractivity contribution in [2.75, 3.05) is 39.3 Å². The first-order valence-corrected chi connectivity index (χ1v) is 15.8. The van der Waals surface area contributed by atoms with E-state index in [1.807, 2.05) is 0 Å². The van der Waals surface area contributed by atoms with Gasteiger partial charge in [-0.3, -0.25) is 4.79 Å². The highest BCUT2D eigenvalue weighted by atomic mass is 19.4. The van der Waals surface area contributed by atoms with Crippen LogP contribution < -0.4 is 5.32 Å². The van der Waals surface area contributed by atoms with Gasteiger partial charge >= 0.3 is 12.2 Å². The Balaban J connectivity index is 1.20. The number of nitrogens with one attached hydrogen (secondary N) is 1. The first-order valence-electron chi connectivity index (χ1n) is 15.8. The first-order chi connectivity index (χ1) is 21.5. The van der Waals surface area contributed by atoms with Crippen molar-refractivity contribution in [1.29, 1.82) is 0 Å². The molecule has 0 unspecified atom stereocenters. The number of carbonyl (C=O) groups excluding carboxylic acids is 2. The number of halogens is 4. The van der Waals surface area contributed by atoms with Crippen molar-refractivity contribution in [1.82, 2.24) is 20.0 Å². The number of likely N-dealkylation sites (tertiary alicyclic amines) is 2. The zero-order valence-corrected chi connectivity index (χ0v) is 25.4. The molecule has 0 radical (unpaired) electrons. The number of rotatable bonds is 9. The average molecular weight is 631 g/mol. The highest BCUT2D eigenvalue weighted by molar-refractivity contribution is 5.79. The Labute approximate surface area is 261 Å². The summed E-state index contributed by atoms with van der Waals surface area (Å²) in [6.45, 7) is 6.60. The van der Waals surface area contributed by atoms with Crippen LogP contribution in [0, 0.1) is 17.7 Å². The van der Waals surface area contributed by atoms with Gasteiger partial charge in [-0.2, -0.15) is 13.2 Å². The molecule has 244 valence electrons. The van der Waals surface area contributed by atoms with E-state index in [1.165, 1.54) is 24.3 Å². The molecule has 0 spiro atoms. The molecule has 2 heterocycles. The lowest BCUT2D eigenvalue weighted by Crippen LogP contribution is -2.52. The number of carbonyl (C=O) groups is 2. The maximum atomic E-state index is 14.2. The summed E-state index contributed by atoms with van der Waals surface area (Å²) in [6.07, 6.45) is 2.39. The molecule has 3 fully saturated rings. The van der Waals surface area contributed by atoms with Crippen LogP contribution in [0.5, 0.6) is 0 Å². The Morgan fingerprint density at radius 2 is 1.76 bits per heavy atom. The topological polar surface area (TPSA) is 76.1 Å². The van der Waals surface area contributed by atoms with E-state index in [-0.39, 0.29) is 42.9 Å². The maximum absolute atomic E-state index is 14.2. The van der Waals surface area contributed by atoms with Gasteiger partial charge in [0.2, 0.25) is 5.91 Å². The van der Waals surface area contributed by atoms with Gasteiger partial charge in [0.05, 0.1) is 12.1 Å². The van der Waals surface area contributed by atoms with Crippen molar-refractivity contribution in [2.45, 2.75) is 62.9 Å². The zero-order valence-electron chi connectivity index (χ0n) is 25.4. The van der Waals surface area contributed by atoms with Crippen LogP contribution >= 0.6 is 0 Å². The molecule has 5 rings (SSSR count). The van der Waals surface area contributed by atoms with E-state index in [9.17, 15) is 32.3 Å². The van der Waals surface area contributed by atoms with Gasteiger partial charge in [-0.15, -0.1) is 6.58 Å². The number of alkyl halides is 3. The van der Waals surface area contributed by atoms with Crippen molar-refractivity contribution in [3.8, 4) is 0 Å². The minimum Gasteiger partial charge on any atom is -0.383 e. The molecule has 3 amide bonds. The fourth-order valence-corrected chi connectivity index (χ4v) is 7.15. The van der Waals surface area contributed by atoms with E-state index in [1.54, 1.807) is 28.0 Å². The van der Waals surface area contributed by atoms with E-state index in [4.69, 9.17) is 0 Å². The van der Waals surface area contributed by atoms with Gasteiger partial charge in [0, 0.05) is 57.1 Å². The lowest BCUT2D eigenvalue weighted by Gasteiger charge is -2.40. The van der Waals surface area contributed by atoms with Crippen LogP contribution in [0.15, 0.2) is 61.2 Å². The Morgan fingerprint density at radius 3 is 2.38 bits per heavy atom. The molecule has 2 atom stereocenters. The molecule has 2 saturated heterocycles. The van der Waals surface area contributed by atoms with Crippen LogP contribution in [0.3, 0.4) is 0 Å². The summed E-state index contributed by atoms with van der Waals surface area (Å²) in [5.74, 6) is -0.680. The van der Waals surface area contributed by atoms with Gasteiger partial charge < -0.3 is 25.1 Å². The minimum atomic E-state index is -4.42. The quantitative estimate of drug-likeness (QED) is 0.282. The third kappa shape index (κ3) is 7.69. The Hall–Kier alpha value is -3.44. The molecule has 45 heavy (non-hydrogen) atoms. The fraction of sp³-hybridized carbons (Fsp3) is 0.529. The molecular formula is C34H42F4N4O3. The molecule has 2 aliphatic heterocycles. The number of hydrogen-bond donors (Lipinski definition) is 2. The lowest BCUT2D eigenvalue weighted by molar-refractivity contribution is -0.137. The van der Waals surface area contributed by atoms with E-state index < -0.39 is 23.2 Å². The third-order valence-corrected chi connectivity index (χ3v) is 9.68. The molecule has 3 aliphatic rings. The van der Waals surface area contributed by atoms with Gasteiger partial charge in [-0.25, -0.2) is 9.18 Å². The Morgan fingerprint density at radius 1 is 1.07 bits per heavy atom. The summed E-state index contributed by atoms with van der Waals surface area (Å²) >= 11 is 0. The van der Waals surface area contributed by atoms with Crippen molar-refractivity contribution in [2.24, 2.45) is 11.8 Å². The SMILES string of the molecule is C=CCN(C(=O)NCc1ccc(C(F)(F)F)cc1)C1CCN(C[C@H]2CN(C(=O)C3CCCC3)C[C@]2(O)c2cccc(F)c2)CC1. The van der Waals surface area contributed by atoms with Gasteiger partial charge in [0.1, 0.15) is 11.4 Å². The minimum absolute atomic E-state index is 0.0162. The Kier molecular flexibility index (Phi) is 10.2. The monoisotopic (exact) mass is 630 g/mol. The number of hydrogen-bond acceptors (Lipinski definition) is 4. The average Bonchev–Trinajstić information content (AvgIpc) is 3.68. The van der Waals surface area contributed by atoms with Crippen LogP contribution in [-0.4, -0.2) is 77.1 Å². The number of benzene rings is 2. The van der Waals surface area contributed by atoms with E-state index >= 15 is 0 Å². The molecule has 11 heteroatoms. The molecule has 1 aliphatic carbocycles. The Bertz CT molecular complexity index is 1340. The van der Waals surface area contributed by atoms with Gasteiger partial charge in [0.15, 0.2) is 0 Å². The smallest absolute Gasteiger partial charge is 0.383 e. The van der Waals surface area contributed by atoms with Crippen LogP contribution in [0.4, 0.5) is 22.4 Å². The second kappa shape index (κ2) is 13.9. The molecular weight excluding hydrogens is 588 g/mol. The van der Waals surface area contributed by atoms with E-state index in [0.717, 1.165) is 37.8 Å². The highest BCUT2D eigenvalue weighted by Crippen LogP contribution is 2.40. The van der Waals surface area contributed by atoms with E-state index in [2.05, 4.69) is 16.8 Å². The molecule has 7 nitrogen and oxygen atoms in total. The standard InChI is InChI=1S/C34H42F4N4O3/c1-2-16-42(32(44)39-20-24-10-12-26(13-11-24)34(36,37)38)30-14-17-40(18-15-30)21-28-22-41(31(43)25-6-3-4-7-25)23-33(28,45)27-8-5-9-29(35)19-27/h2,5,8-13,19,25,28,30,45H,1,3-4,6-7,14-18,20-23H2,(H,39,44)/t28-,33-/m0/s1. The number of amides is 3. The predicted molar refractivity (Wildman–Crippen MR) is 162 cm³/mol. The highest BCUT2D eigenvalue weighted by Gasteiger charge is 2.49. The van der Waals surface area contributed by atoms with E-state index in [0.29, 0.717) is 56.7 Å². The molecule has 0 aromatic heterocycles. The number of piperidine rings is 1. The largest absolute Gasteiger partial charge is 0.416 e. The second-order valence-electron chi connectivity index (χ2n) is 12.7. The molecule has 0 bridgehead atoms. The maximum Gasteiger partial charge on any atom is 0.416 e. The summed E-state index contributed by atoms with van der Waals surface area (Å²) < 4.78 is 52.9. The second-order valence-corrected chi connectivity index (χ2v) is 12.7. The van der Waals surface area contributed by atoms with Gasteiger partial charge in [-0.05, 0) is 61.1 Å². The number of urea groups is 1. The van der Waals surface area contributed by atoms with Crippen LogP contribution in [-0.2, 0) is 23.1 Å². The molecule has 2 N–H and O–H groups in total. The zero-order chi connectivity index (χ0) is 32.2. The molecule has 2 aromatic rings. The number of aliphatic hydroxyl groups is 1. The summed E-state index contributed by atoms with van der Waals surface area (Å²) in [6, 6.07) is 10.3. The number of β-amino-alcohol motifs (C(OH)–C–C–N with tert-alkyl or cyclic N) is 1. The first kappa shape index (κ1) is 32.9. The molecule has 1 saturated carbocycles. The van der Waals surface area contributed by atoms with Crippen molar-refractivity contribution < 1.29 is 32.3 Å². The number of nitrogens with zero attached hydrogens (tertiary/aromatic N) is 3. The van der Waals surface area contributed by atoms with Gasteiger partial charge in [0.25, 0.3) is 0 Å². The van der Waals surface area contributed by atoms with Crippen LogP contribution in [0.25, 0.3) is 0 Å². The van der Waals surface area contributed by atoms with Gasteiger partial charge in [-0.1, -0.05) is 43.2 Å². The summed E-state index contributed by atoms with van der Waals surface area (Å²) in [4.78, 5) is 32.2. The predicted octanol–water partition coefficient (Wildman–Crippen LogP) is 5.54. The summed E-state index contributed by atoms with van der Waals surface area (Å²) in [5, 5.41) is 14.8. The van der Waals surface area contributed by atoms with Crippen LogP contribution in [0.2, 0.25) is 0 Å². The van der Waals surface area contributed by atoms with Crippen molar-refractivity contribution in [3.05, 3.63) is 83.7 Å².